The van der Waals surface area contributed by atoms with Crippen LogP contribution in [0.25, 0.3) is 0 Å². The lowest BCUT2D eigenvalue weighted by Crippen LogP contribution is -2.37. The predicted molar refractivity (Wildman–Crippen MR) is 108 cm³/mol. The maximum absolute atomic E-state index is 13.8. The van der Waals surface area contributed by atoms with Crippen LogP contribution in [0.1, 0.15) is 52.4 Å². The van der Waals surface area contributed by atoms with Gasteiger partial charge in [0.2, 0.25) is 10.4 Å². The molecule has 10 heteroatoms. The molecule has 28 heavy (non-hydrogen) atoms. The molecule has 0 atom stereocenters. The van der Waals surface area contributed by atoms with Gasteiger partial charge in [-0.25, -0.2) is 8.42 Å². The molecule has 0 aromatic heterocycles. The van der Waals surface area contributed by atoms with Gasteiger partial charge in [-0.3, -0.25) is 8.98 Å². The molecule has 0 aromatic carbocycles. The van der Waals surface area contributed by atoms with Gasteiger partial charge in [0.1, 0.15) is 0 Å². The van der Waals surface area contributed by atoms with Crippen LogP contribution in [0, 0.1) is 0 Å². The Hall–Kier alpha value is -0.810. The van der Waals surface area contributed by atoms with E-state index in [1.807, 2.05) is 0 Å². The number of rotatable bonds is 14. The van der Waals surface area contributed by atoms with E-state index >= 15 is 0 Å². The number of hydrogen-bond acceptors (Lipinski definition) is 6. The molecule has 8 nitrogen and oxygen atoms in total. The average molecular weight is 430 g/mol. The van der Waals surface area contributed by atoms with Crippen LogP contribution >= 0.6 is 0 Å². The highest BCUT2D eigenvalue weighted by Gasteiger charge is 2.16. The van der Waals surface area contributed by atoms with Crippen molar-refractivity contribution in [1.82, 2.24) is 10.0 Å². The molecule has 0 saturated heterocycles. The van der Waals surface area contributed by atoms with Crippen LogP contribution in [0.4, 0.5) is 4.48 Å². The molecule has 0 rings (SSSR count). The Balaban J connectivity index is 0. The van der Waals surface area contributed by atoms with Crippen molar-refractivity contribution in [1.29, 1.82) is 0 Å². The lowest BCUT2D eigenvalue weighted by molar-refractivity contribution is -0.870. The van der Waals surface area contributed by atoms with Crippen LogP contribution in [0.2, 0.25) is 0 Å². The fourth-order valence-electron chi connectivity index (χ4n) is 2.28. The Morgan fingerprint density at radius 1 is 1.00 bits per heavy atom. The highest BCUT2D eigenvalue weighted by Crippen LogP contribution is 2.04. The Kier molecular flexibility index (Phi) is 16.8. The maximum atomic E-state index is 13.8. The molecule has 0 heterocycles. The number of carbonyl (C=O) groups excluding carboxylic acids is 1. The maximum Gasteiger partial charge on any atom is 0.251 e. The van der Waals surface area contributed by atoms with Gasteiger partial charge in [0.05, 0.1) is 41.3 Å². The fourth-order valence-corrected chi connectivity index (χ4v) is 2.28. The molecule has 0 unspecified atom stereocenters. The molecule has 0 fully saturated rings. The van der Waals surface area contributed by atoms with Crippen molar-refractivity contribution in [2.24, 2.45) is 0 Å². The molecule has 0 radical (unpaired) electrons. The van der Waals surface area contributed by atoms with Crippen molar-refractivity contribution < 1.29 is 30.9 Å². The first-order valence-corrected chi connectivity index (χ1v) is 11.2. The van der Waals surface area contributed by atoms with Gasteiger partial charge in [0.25, 0.3) is 5.91 Å². The smallest absolute Gasteiger partial charge is 0.251 e. The second-order valence-electron chi connectivity index (χ2n) is 7.72. The first-order chi connectivity index (χ1) is 12.9. The third kappa shape index (κ3) is 21.5. The van der Waals surface area contributed by atoms with E-state index in [2.05, 4.69) is 44.1 Å². The van der Waals surface area contributed by atoms with E-state index in [1.165, 1.54) is 0 Å². The van der Waals surface area contributed by atoms with E-state index in [1.54, 1.807) is 0 Å². The summed E-state index contributed by atoms with van der Waals surface area (Å²) in [6.07, 6.45) is 5.56. The number of hydrogen-bond donors (Lipinski definition) is 0. The standard InChI is InChI=1S/C17H37FN3O.CH4O4S/c1-6-8-12-19(13-9-7-2)15-11-17(22)20(18)14-10-16-21(3,4)5;1-5-6(2,3)4/h6-16H2,1-5H3;1H3,(H,2,3,4)/q+1;/p-1. The zero-order valence-corrected chi connectivity index (χ0v) is 19.3. The fraction of sp³-hybridized carbons (Fsp3) is 0.944. The van der Waals surface area contributed by atoms with E-state index in [0.29, 0.717) is 18.1 Å². The van der Waals surface area contributed by atoms with E-state index in [4.69, 9.17) is 0 Å². The van der Waals surface area contributed by atoms with Crippen molar-refractivity contribution in [3.63, 3.8) is 0 Å². The van der Waals surface area contributed by atoms with Crippen LogP contribution in [-0.4, -0.2) is 94.4 Å². The van der Waals surface area contributed by atoms with E-state index in [-0.39, 0.29) is 18.9 Å². The molecule has 170 valence electrons. The SMILES string of the molecule is CCCCN(CCCC)CCC(=O)N(F)CCC[N+](C)(C)C.COS(=O)(=O)[O-]. The third-order valence-corrected chi connectivity index (χ3v) is 4.36. The van der Waals surface area contributed by atoms with Crippen LogP contribution in [0.3, 0.4) is 0 Å². The number of carbonyl (C=O) groups is 1. The zero-order chi connectivity index (χ0) is 22.2. The molecule has 0 aliphatic rings. The van der Waals surface area contributed by atoms with Gasteiger partial charge in [-0.05, 0) is 25.9 Å². The summed E-state index contributed by atoms with van der Waals surface area (Å²) in [6.45, 7) is 8.11. The lowest BCUT2D eigenvalue weighted by Gasteiger charge is -2.25. The molecule has 0 saturated carbocycles. The van der Waals surface area contributed by atoms with E-state index in [0.717, 1.165) is 56.9 Å². The van der Waals surface area contributed by atoms with Crippen molar-refractivity contribution in [2.75, 3.05) is 61.0 Å². The van der Waals surface area contributed by atoms with E-state index in [9.17, 15) is 22.2 Å². The molecule has 0 aliphatic carbocycles. The average Bonchev–Trinajstić information content (AvgIpc) is 2.59. The topological polar surface area (TPSA) is 90.0 Å². The number of amides is 1. The third-order valence-electron chi connectivity index (χ3n) is 3.96. The van der Waals surface area contributed by atoms with Gasteiger partial charge in [-0.1, -0.05) is 31.2 Å². The largest absolute Gasteiger partial charge is 0.726 e. The molecule has 0 N–H and O–H groups in total. The first kappa shape index (κ1) is 29.4. The molecule has 0 bridgehead atoms. The molecular weight excluding hydrogens is 389 g/mol. The van der Waals surface area contributed by atoms with Gasteiger partial charge in [-0.2, -0.15) is 5.12 Å². The van der Waals surface area contributed by atoms with Crippen molar-refractivity contribution in [3.8, 4) is 0 Å². The zero-order valence-electron chi connectivity index (χ0n) is 18.4. The van der Waals surface area contributed by atoms with Gasteiger partial charge < -0.3 is 13.9 Å². The number of halogens is 1. The molecule has 0 spiro atoms. The number of unbranched alkanes of at least 4 members (excludes halogenated alkanes) is 2. The number of nitrogens with zero attached hydrogens (tertiary/aromatic N) is 3. The first-order valence-electron chi connectivity index (χ1n) is 9.86. The second-order valence-corrected chi connectivity index (χ2v) is 8.87. The minimum Gasteiger partial charge on any atom is -0.726 e. The van der Waals surface area contributed by atoms with Crippen molar-refractivity contribution >= 4 is 16.3 Å². The monoisotopic (exact) mass is 429 g/mol. The van der Waals surface area contributed by atoms with Gasteiger partial charge in [-0.15, -0.1) is 0 Å². The van der Waals surface area contributed by atoms with Gasteiger partial charge in [0.15, 0.2) is 0 Å². The Morgan fingerprint density at radius 3 is 1.82 bits per heavy atom. The minimum absolute atomic E-state index is 0.207. The highest BCUT2D eigenvalue weighted by molar-refractivity contribution is 7.80. The van der Waals surface area contributed by atoms with Crippen LogP contribution in [-0.2, 0) is 19.4 Å². The summed E-state index contributed by atoms with van der Waals surface area (Å²) in [5, 5.41) is 0.410. The summed E-state index contributed by atoms with van der Waals surface area (Å²) in [5.41, 5.74) is 0. The summed E-state index contributed by atoms with van der Waals surface area (Å²) in [5.74, 6) is -0.376. The molecule has 0 aliphatic heterocycles. The van der Waals surface area contributed by atoms with Crippen LogP contribution < -0.4 is 0 Å². The summed E-state index contributed by atoms with van der Waals surface area (Å²) >= 11 is 0. The summed E-state index contributed by atoms with van der Waals surface area (Å²) < 4.78 is 45.6. The predicted octanol–water partition coefficient (Wildman–Crippen LogP) is 2.18. The Bertz CT molecular complexity index is 490. The Morgan fingerprint density at radius 2 is 1.46 bits per heavy atom. The van der Waals surface area contributed by atoms with E-state index < -0.39 is 10.4 Å². The van der Waals surface area contributed by atoms with Gasteiger partial charge in [0, 0.05) is 19.4 Å². The van der Waals surface area contributed by atoms with Gasteiger partial charge >= 0.3 is 0 Å². The molecular formula is C18H40FN3O5S. The highest BCUT2D eigenvalue weighted by atomic mass is 32.3. The second kappa shape index (κ2) is 16.0. The Labute approximate surface area is 171 Å². The minimum atomic E-state index is -4.41. The van der Waals surface area contributed by atoms with Crippen molar-refractivity contribution in [2.45, 2.75) is 52.4 Å². The summed E-state index contributed by atoms with van der Waals surface area (Å²) in [6, 6.07) is 0. The van der Waals surface area contributed by atoms with Crippen LogP contribution in [0.15, 0.2) is 0 Å². The quantitative estimate of drug-likeness (QED) is 0.182. The van der Waals surface area contributed by atoms with Crippen LogP contribution in [0.5, 0.6) is 0 Å². The number of quaternary nitrogens is 1. The normalized spacial score (nSPS) is 11.9. The van der Waals surface area contributed by atoms with Crippen molar-refractivity contribution in [3.05, 3.63) is 0 Å². The lowest BCUT2D eigenvalue weighted by atomic mass is 10.2. The summed E-state index contributed by atoms with van der Waals surface area (Å²) in [7, 11) is 2.62. The molecule has 1 amide bonds. The summed E-state index contributed by atoms with van der Waals surface area (Å²) in [4.78, 5) is 14.2. The molecule has 0 aromatic rings.